The highest BCUT2D eigenvalue weighted by atomic mass is 35.5. The molecule has 136 valence electrons. The highest BCUT2D eigenvalue weighted by Gasteiger charge is 2.23. The van der Waals surface area contributed by atoms with E-state index in [0.717, 1.165) is 5.56 Å². The summed E-state index contributed by atoms with van der Waals surface area (Å²) in [4.78, 5) is 12.0. The Kier molecular flexibility index (Phi) is 6.59. The minimum Gasteiger partial charge on any atom is -0.355 e. The van der Waals surface area contributed by atoms with Crippen LogP contribution in [0.2, 0.25) is 10.0 Å². The van der Waals surface area contributed by atoms with Crippen LogP contribution in [0.1, 0.15) is 32.2 Å². The topological polar surface area (TPSA) is 85.8 Å². The van der Waals surface area contributed by atoms with Crippen molar-refractivity contribution < 1.29 is 4.79 Å². The second-order valence-corrected chi connectivity index (χ2v) is 8.34. The van der Waals surface area contributed by atoms with Gasteiger partial charge in [-0.05, 0) is 24.1 Å². The molecule has 1 aromatic carbocycles. The first-order chi connectivity index (χ1) is 11.7. The van der Waals surface area contributed by atoms with Gasteiger partial charge in [0.2, 0.25) is 11.1 Å². The Balaban J connectivity index is 1.80. The summed E-state index contributed by atoms with van der Waals surface area (Å²) in [5.74, 6) is 6.78. The number of halogens is 2. The summed E-state index contributed by atoms with van der Waals surface area (Å²) < 4.78 is 1.44. The summed E-state index contributed by atoms with van der Waals surface area (Å²) in [6, 6.07) is 5.33. The Labute approximate surface area is 161 Å². The summed E-state index contributed by atoms with van der Waals surface area (Å²) in [5.41, 5.74) is 0.733. The van der Waals surface area contributed by atoms with Crippen LogP contribution in [0.15, 0.2) is 23.4 Å². The lowest BCUT2D eigenvalue weighted by atomic mass is 9.96. The van der Waals surface area contributed by atoms with Crippen LogP contribution in [0.5, 0.6) is 0 Å². The smallest absolute Gasteiger partial charge is 0.230 e. The van der Waals surface area contributed by atoms with Crippen LogP contribution in [-0.2, 0) is 16.6 Å². The fraction of sp³-hybridized carbons (Fsp3) is 0.438. The Hall–Kier alpha value is -1.44. The van der Waals surface area contributed by atoms with Crippen LogP contribution in [0, 0.1) is 0 Å². The van der Waals surface area contributed by atoms with Gasteiger partial charge >= 0.3 is 0 Å². The molecule has 0 bridgehead atoms. The van der Waals surface area contributed by atoms with Gasteiger partial charge in [0.05, 0.1) is 5.75 Å². The lowest BCUT2D eigenvalue weighted by Gasteiger charge is -2.16. The Morgan fingerprint density at radius 2 is 2.04 bits per heavy atom. The molecule has 25 heavy (non-hydrogen) atoms. The first-order valence-corrected chi connectivity index (χ1v) is 9.47. The van der Waals surface area contributed by atoms with E-state index in [-0.39, 0.29) is 17.1 Å². The number of rotatable bonds is 6. The van der Waals surface area contributed by atoms with E-state index in [4.69, 9.17) is 29.0 Å². The highest BCUT2D eigenvalue weighted by Crippen LogP contribution is 2.23. The minimum atomic E-state index is -0.208. The molecular weight excluding hydrogens is 381 g/mol. The molecular formula is C16H21Cl2N5OS. The number of hydrogen-bond acceptors (Lipinski definition) is 5. The van der Waals surface area contributed by atoms with Gasteiger partial charge in [0.15, 0.2) is 5.82 Å². The van der Waals surface area contributed by atoms with E-state index >= 15 is 0 Å². The van der Waals surface area contributed by atoms with E-state index in [2.05, 4.69) is 15.5 Å². The molecule has 0 aliphatic heterocycles. The predicted molar refractivity (Wildman–Crippen MR) is 103 cm³/mol. The molecule has 0 saturated carbocycles. The van der Waals surface area contributed by atoms with Crippen molar-refractivity contribution in [3.8, 4) is 0 Å². The van der Waals surface area contributed by atoms with Crippen LogP contribution in [-0.4, -0.2) is 33.1 Å². The molecule has 0 aliphatic carbocycles. The Bertz CT molecular complexity index is 757. The molecule has 0 saturated heterocycles. The third-order valence-corrected chi connectivity index (χ3v) is 4.93. The zero-order chi connectivity index (χ0) is 18.6. The summed E-state index contributed by atoms with van der Waals surface area (Å²) in [7, 11) is 0. The average molecular weight is 402 g/mol. The van der Waals surface area contributed by atoms with Gasteiger partial charge in [-0.3, -0.25) is 4.79 Å². The standard InChI is InChI=1S/C16H21Cl2N5OS/c1-16(2,3)14-21-22-15(23(14)19)25-9-13(24)20-7-6-10-4-5-11(17)8-12(10)18/h4-5,8H,6-7,9,19H2,1-3H3,(H,20,24). The van der Waals surface area contributed by atoms with Gasteiger partial charge < -0.3 is 11.2 Å². The SMILES string of the molecule is CC(C)(C)c1nnc(SCC(=O)NCCc2ccc(Cl)cc2Cl)n1N. The molecule has 0 unspecified atom stereocenters. The molecule has 1 heterocycles. The third-order valence-electron chi connectivity index (χ3n) is 3.40. The van der Waals surface area contributed by atoms with Gasteiger partial charge in [-0.2, -0.15) is 0 Å². The molecule has 1 aromatic heterocycles. The van der Waals surface area contributed by atoms with E-state index in [1.165, 1.54) is 16.4 Å². The number of nitrogens with zero attached hydrogens (tertiary/aromatic N) is 3. The zero-order valence-corrected chi connectivity index (χ0v) is 16.7. The lowest BCUT2D eigenvalue weighted by Crippen LogP contribution is -2.28. The quantitative estimate of drug-likeness (QED) is 0.573. The number of carbonyl (C=O) groups is 1. The van der Waals surface area contributed by atoms with E-state index in [0.29, 0.717) is 34.0 Å². The monoisotopic (exact) mass is 401 g/mol. The van der Waals surface area contributed by atoms with Crippen LogP contribution in [0.25, 0.3) is 0 Å². The zero-order valence-electron chi connectivity index (χ0n) is 14.3. The second-order valence-electron chi connectivity index (χ2n) is 6.55. The van der Waals surface area contributed by atoms with Gasteiger partial charge in [0.25, 0.3) is 0 Å². The normalized spacial score (nSPS) is 11.6. The summed E-state index contributed by atoms with van der Waals surface area (Å²) in [6.45, 7) is 6.50. The van der Waals surface area contributed by atoms with Gasteiger partial charge in [0, 0.05) is 22.0 Å². The fourth-order valence-corrected chi connectivity index (χ4v) is 3.32. The number of nitrogens with one attached hydrogen (secondary N) is 1. The maximum Gasteiger partial charge on any atom is 0.230 e. The van der Waals surface area contributed by atoms with Crippen LogP contribution in [0.3, 0.4) is 0 Å². The van der Waals surface area contributed by atoms with Crippen molar-refractivity contribution in [3.05, 3.63) is 39.6 Å². The molecule has 9 heteroatoms. The summed E-state index contributed by atoms with van der Waals surface area (Å²) in [6.07, 6.45) is 0.633. The van der Waals surface area contributed by atoms with E-state index < -0.39 is 0 Å². The molecule has 0 radical (unpaired) electrons. The van der Waals surface area contributed by atoms with Crippen molar-refractivity contribution in [1.82, 2.24) is 20.2 Å². The third kappa shape index (κ3) is 5.52. The molecule has 3 N–H and O–H groups in total. The Morgan fingerprint density at radius 1 is 1.32 bits per heavy atom. The number of aromatic nitrogens is 3. The molecule has 6 nitrogen and oxygen atoms in total. The number of benzene rings is 1. The molecule has 1 amide bonds. The van der Waals surface area contributed by atoms with Crippen molar-refractivity contribution in [2.24, 2.45) is 0 Å². The lowest BCUT2D eigenvalue weighted by molar-refractivity contribution is -0.118. The number of carbonyl (C=O) groups excluding carboxylic acids is 1. The average Bonchev–Trinajstić information content (AvgIpc) is 2.88. The minimum absolute atomic E-state index is 0.101. The molecule has 2 aromatic rings. The molecule has 0 spiro atoms. The molecule has 2 rings (SSSR count). The number of nitrogen functional groups attached to an aromatic ring is 1. The van der Waals surface area contributed by atoms with Crippen molar-refractivity contribution in [2.45, 2.75) is 37.8 Å². The van der Waals surface area contributed by atoms with Gasteiger partial charge in [-0.25, -0.2) is 4.68 Å². The predicted octanol–water partition coefficient (Wildman–Crippen LogP) is 3.05. The van der Waals surface area contributed by atoms with Crippen molar-refractivity contribution >= 4 is 40.9 Å². The number of nitrogens with two attached hydrogens (primary N) is 1. The first kappa shape index (κ1) is 19.9. The molecule has 0 aliphatic rings. The van der Waals surface area contributed by atoms with E-state index in [1.807, 2.05) is 26.8 Å². The Morgan fingerprint density at radius 3 is 2.64 bits per heavy atom. The van der Waals surface area contributed by atoms with Gasteiger partial charge in [-0.15, -0.1) is 10.2 Å². The van der Waals surface area contributed by atoms with Gasteiger partial charge in [0.1, 0.15) is 0 Å². The van der Waals surface area contributed by atoms with Crippen molar-refractivity contribution in [2.75, 3.05) is 18.1 Å². The summed E-state index contributed by atoms with van der Waals surface area (Å²) >= 11 is 13.2. The largest absolute Gasteiger partial charge is 0.355 e. The van der Waals surface area contributed by atoms with Crippen LogP contribution < -0.4 is 11.2 Å². The fourth-order valence-electron chi connectivity index (χ4n) is 2.13. The maximum atomic E-state index is 12.0. The highest BCUT2D eigenvalue weighted by molar-refractivity contribution is 7.99. The number of hydrogen-bond donors (Lipinski definition) is 2. The number of amides is 1. The van der Waals surface area contributed by atoms with E-state index in [1.54, 1.807) is 12.1 Å². The first-order valence-electron chi connectivity index (χ1n) is 7.73. The van der Waals surface area contributed by atoms with Crippen molar-refractivity contribution in [1.29, 1.82) is 0 Å². The molecule has 0 atom stereocenters. The van der Waals surface area contributed by atoms with Gasteiger partial charge in [-0.1, -0.05) is 61.8 Å². The molecule has 0 fully saturated rings. The number of thioether (sulfide) groups is 1. The van der Waals surface area contributed by atoms with Crippen LogP contribution in [0.4, 0.5) is 0 Å². The maximum absolute atomic E-state index is 12.0. The van der Waals surface area contributed by atoms with Crippen LogP contribution >= 0.6 is 35.0 Å². The van der Waals surface area contributed by atoms with Crippen molar-refractivity contribution in [3.63, 3.8) is 0 Å². The van der Waals surface area contributed by atoms with E-state index in [9.17, 15) is 4.79 Å². The second kappa shape index (κ2) is 8.29. The summed E-state index contributed by atoms with van der Waals surface area (Å²) in [5, 5.41) is 12.7.